The maximum atomic E-state index is 13.1. The second kappa shape index (κ2) is 6.35. The predicted octanol–water partition coefficient (Wildman–Crippen LogP) is 3.83. The quantitative estimate of drug-likeness (QED) is 0.734. The average Bonchev–Trinajstić information content (AvgIpc) is 3.04. The van der Waals surface area contributed by atoms with Gasteiger partial charge in [-0.3, -0.25) is 4.72 Å². The van der Waals surface area contributed by atoms with E-state index >= 15 is 0 Å². The van der Waals surface area contributed by atoms with Crippen molar-refractivity contribution in [3.05, 3.63) is 65.9 Å². The van der Waals surface area contributed by atoms with Crippen molar-refractivity contribution >= 4 is 38.6 Å². The zero-order chi connectivity index (χ0) is 16.3. The van der Waals surface area contributed by atoms with Crippen LogP contribution >= 0.6 is 11.3 Å². The van der Waals surface area contributed by atoms with Crippen molar-refractivity contribution in [1.82, 2.24) is 4.98 Å². The molecule has 0 atom stereocenters. The molecule has 0 amide bonds. The van der Waals surface area contributed by atoms with E-state index in [2.05, 4.69) is 15.0 Å². The summed E-state index contributed by atoms with van der Waals surface area (Å²) in [5.41, 5.74) is 0.910. The zero-order valence-corrected chi connectivity index (χ0v) is 13.4. The van der Waals surface area contributed by atoms with Crippen molar-refractivity contribution in [3.8, 4) is 0 Å². The molecule has 3 aromatic rings. The number of aromatic nitrogens is 1. The van der Waals surface area contributed by atoms with E-state index in [0.717, 1.165) is 11.3 Å². The first-order valence-corrected chi connectivity index (χ1v) is 8.94. The summed E-state index contributed by atoms with van der Waals surface area (Å²) in [5.74, 6) is 0.130. The van der Waals surface area contributed by atoms with Gasteiger partial charge in [-0.05, 0) is 41.8 Å². The average molecular weight is 349 g/mol. The Kier molecular flexibility index (Phi) is 4.26. The molecule has 8 heteroatoms. The predicted molar refractivity (Wildman–Crippen MR) is 89.0 cm³/mol. The fourth-order valence-corrected chi connectivity index (χ4v) is 3.90. The van der Waals surface area contributed by atoms with Gasteiger partial charge in [0.2, 0.25) is 0 Å². The lowest BCUT2D eigenvalue weighted by Crippen LogP contribution is -2.11. The Morgan fingerprint density at radius 3 is 2.57 bits per heavy atom. The lowest BCUT2D eigenvalue weighted by Gasteiger charge is -2.08. The highest BCUT2D eigenvalue weighted by Gasteiger charge is 2.15. The van der Waals surface area contributed by atoms with E-state index in [9.17, 15) is 12.8 Å². The molecule has 0 unspecified atom stereocenters. The van der Waals surface area contributed by atoms with Crippen LogP contribution in [0.25, 0.3) is 0 Å². The number of sulfonamides is 1. The van der Waals surface area contributed by atoms with E-state index < -0.39 is 10.0 Å². The van der Waals surface area contributed by atoms with Crippen LogP contribution in [0.2, 0.25) is 0 Å². The van der Waals surface area contributed by atoms with Crippen LogP contribution in [0.3, 0.4) is 0 Å². The topological polar surface area (TPSA) is 71.1 Å². The maximum absolute atomic E-state index is 13.1. The third kappa shape index (κ3) is 3.85. The molecule has 1 aromatic carbocycles. The van der Waals surface area contributed by atoms with E-state index in [1.807, 2.05) is 0 Å². The van der Waals surface area contributed by atoms with Gasteiger partial charge in [-0.25, -0.2) is 17.8 Å². The lowest BCUT2D eigenvalue weighted by atomic mass is 10.3. The van der Waals surface area contributed by atoms with Crippen LogP contribution in [0.5, 0.6) is 0 Å². The van der Waals surface area contributed by atoms with Crippen molar-refractivity contribution in [3.63, 3.8) is 0 Å². The first kappa shape index (κ1) is 15.4. The van der Waals surface area contributed by atoms with Gasteiger partial charge in [-0.1, -0.05) is 12.1 Å². The van der Waals surface area contributed by atoms with Crippen LogP contribution in [-0.4, -0.2) is 13.4 Å². The molecule has 0 aliphatic carbocycles. The fourth-order valence-electron chi connectivity index (χ4n) is 1.86. The largest absolute Gasteiger partial charge is 0.340 e. The third-order valence-corrected chi connectivity index (χ3v) is 5.65. The molecule has 0 radical (unpaired) electrons. The number of pyridine rings is 1. The summed E-state index contributed by atoms with van der Waals surface area (Å²) in [6.45, 7) is 0. The number of rotatable bonds is 5. The van der Waals surface area contributed by atoms with Crippen molar-refractivity contribution in [1.29, 1.82) is 0 Å². The highest BCUT2D eigenvalue weighted by molar-refractivity contribution is 7.94. The number of hydrogen-bond acceptors (Lipinski definition) is 5. The monoisotopic (exact) mass is 349 g/mol. The van der Waals surface area contributed by atoms with E-state index in [1.54, 1.807) is 35.7 Å². The Labute approximate surface area is 136 Å². The van der Waals surface area contributed by atoms with Crippen LogP contribution in [0.4, 0.5) is 21.6 Å². The Balaban J connectivity index is 1.72. The van der Waals surface area contributed by atoms with Gasteiger partial charge < -0.3 is 5.32 Å². The van der Waals surface area contributed by atoms with Gasteiger partial charge in [0.05, 0.1) is 11.9 Å². The van der Waals surface area contributed by atoms with Crippen LogP contribution in [0.1, 0.15) is 0 Å². The first-order valence-electron chi connectivity index (χ1n) is 6.58. The van der Waals surface area contributed by atoms with E-state index in [0.29, 0.717) is 17.2 Å². The number of anilines is 3. The number of halogens is 1. The van der Waals surface area contributed by atoms with Crippen LogP contribution < -0.4 is 10.0 Å². The Hall–Kier alpha value is -2.45. The molecule has 2 heterocycles. The van der Waals surface area contributed by atoms with E-state index in [1.165, 1.54) is 24.4 Å². The van der Waals surface area contributed by atoms with Crippen molar-refractivity contribution in [2.75, 3.05) is 10.0 Å². The summed E-state index contributed by atoms with van der Waals surface area (Å²) in [6, 6.07) is 12.4. The lowest BCUT2D eigenvalue weighted by molar-refractivity contribution is 0.603. The Morgan fingerprint density at radius 1 is 1.04 bits per heavy atom. The Morgan fingerprint density at radius 2 is 1.91 bits per heavy atom. The molecule has 2 N–H and O–H groups in total. The fraction of sp³-hybridized carbons (Fsp3) is 0. The molecule has 118 valence electrons. The summed E-state index contributed by atoms with van der Waals surface area (Å²) in [4.78, 5) is 4.11. The second-order valence-electron chi connectivity index (χ2n) is 4.61. The highest BCUT2D eigenvalue weighted by Crippen LogP contribution is 2.21. The summed E-state index contributed by atoms with van der Waals surface area (Å²) >= 11 is 1.14. The number of benzene rings is 1. The minimum Gasteiger partial charge on any atom is -0.340 e. The number of thiophene rings is 1. The molecule has 23 heavy (non-hydrogen) atoms. The minimum absolute atomic E-state index is 0.236. The van der Waals surface area contributed by atoms with Crippen LogP contribution in [-0.2, 0) is 10.0 Å². The van der Waals surface area contributed by atoms with Crippen molar-refractivity contribution in [2.45, 2.75) is 4.21 Å². The van der Waals surface area contributed by atoms with Crippen LogP contribution in [0.15, 0.2) is 64.3 Å². The maximum Gasteiger partial charge on any atom is 0.271 e. The summed E-state index contributed by atoms with van der Waals surface area (Å²) in [5, 5.41) is 4.63. The standard InChI is InChI=1S/C15H12FN3O2S2/c16-11-3-1-4-12(9-11)18-14-7-6-13(10-17-14)19-23(20,21)15-5-2-8-22-15/h1-10,19H,(H,17,18). The normalized spacial score (nSPS) is 11.2. The molecule has 0 bridgehead atoms. The smallest absolute Gasteiger partial charge is 0.271 e. The van der Waals surface area contributed by atoms with Gasteiger partial charge in [0.15, 0.2) is 0 Å². The molecule has 5 nitrogen and oxygen atoms in total. The molecule has 0 saturated heterocycles. The first-order chi connectivity index (χ1) is 11.0. The molecule has 2 aromatic heterocycles. The zero-order valence-electron chi connectivity index (χ0n) is 11.7. The second-order valence-corrected chi connectivity index (χ2v) is 7.46. The molecule has 0 aliphatic heterocycles. The summed E-state index contributed by atoms with van der Waals surface area (Å²) < 4.78 is 40.0. The molecule has 0 fully saturated rings. The van der Waals surface area contributed by atoms with Crippen molar-refractivity contribution < 1.29 is 12.8 Å². The van der Waals surface area contributed by atoms with E-state index in [-0.39, 0.29) is 10.0 Å². The van der Waals surface area contributed by atoms with Crippen LogP contribution in [0, 0.1) is 5.82 Å². The molecule has 0 aliphatic rings. The number of hydrogen-bond donors (Lipinski definition) is 2. The van der Waals surface area contributed by atoms with Gasteiger partial charge in [0.25, 0.3) is 10.0 Å². The molecule has 3 rings (SSSR count). The summed E-state index contributed by atoms with van der Waals surface area (Å²) in [7, 11) is -3.59. The molecular formula is C15H12FN3O2S2. The number of nitrogens with one attached hydrogen (secondary N) is 2. The Bertz CT molecular complexity index is 895. The molecular weight excluding hydrogens is 337 g/mol. The highest BCUT2D eigenvalue weighted by atomic mass is 32.2. The van der Waals surface area contributed by atoms with Gasteiger partial charge in [0.1, 0.15) is 15.8 Å². The van der Waals surface area contributed by atoms with E-state index in [4.69, 9.17) is 0 Å². The van der Waals surface area contributed by atoms with Gasteiger partial charge in [0, 0.05) is 5.69 Å². The van der Waals surface area contributed by atoms with Gasteiger partial charge in [-0.15, -0.1) is 11.3 Å². The number of nitrogens with zero attached hydrogens (tertiary/aromatic N) is 1. The van der Waals surface area contributed by atoms with Gasteiger partial charge in [-0.2, -0.15) is 0 Å². The third-order valence-electron chi connectivity index (χ3n) is 2.87. The molecule has 0 spiro atoms. The molecule has 0 saturated carbocycles. The van der Waals surface area contributed by atoms with Gasteiger partial charge >= 0.3 is 0 Å². The van der Waals surface area contributed by atoms with Crippen molar-refractivity contribution in [2.24, 2.45) is 0 Å². The SMILES string of the molecule is O=S(=O)(Nc1ccc(Nc2cccc(F)c2)nc1)c1cccs1. The summed E-state index contributed by atoms with van der Waals surface area (Å²) in [6.07, 6.45) is 1.40. The minimum atomic E-state index is -3.59.